The zero-order valence-corrected chi connectivity index (χ0v) is 17.7. The summed E-state index contributed by atoms with van der Waals surface area (Å²) >= 11 is 1.70. The maximum absolute atomic E-state index is 6.03. The average molecular weight is 409 g/mol. The summed E-state index contributed by atoms with van der Waals surface area (Å²) in [5.41, 5.74) is 2.89. The Labute approximate surface area is 173 Å². The fourth-order valence-electron chi connectivity index (χ4n) is 3.67. The largest absolute Gasteiger partial charge is 0.476 e. The molecule has 1 atom stereocenters. The van der Waals surface area contributed by atoms with Crippen molar-refractivity contribution in [1.29, 1.82) is 0 Å². The van der Waals surface area contributed by atoms with Gasteiger partial charge >= 0.3 is 0 Å². The second-order valence-corrected chi connectivity index (χ2v) is 9.51. The molecule has 1 saturated heterocycles. The first-order valence-corrected chi connectivity index (χ1v) is 10.8. The fourth-order valence-corrected chi connectivity index (χ4v) is 4.53. The number of aromatic nitrogens is 5. The van der Waals surface area contributed by atoms with E-state index in [4.69, 9.17) is 4.74 Å². The molecule has 0 saturated carbocycles. The topological polar surface area (TPSA) is 68.4 Å². The van der Waals surface area contributed by atoms with Gasteiger partial charge < -0.3 is 9.64 Å². The average Bonchev–Trinajstić information content (AvgIpc) is 3.43. The Morgan fingerprint density at radius 3 is 2.97 bits per heavy atom. The number of imidazole rings is 1. The predicted octanol–water partition coefficient (Wildman–Crippen LogP) is 3.94. The number of ether oxygens (including phenoxy) is 1. The molecule has 0 bridgehead atoms. The minimum absolute atomic E-state index is 0.00297. The highest BCUT2D eigenvalue weighted by Crippen LogP contribution is 2.31. The number of fused-ring (bicyclic) bond motifs is 2. The maximum Gasteiger partial charge on any atom is 0.231 e. The van der Waals surface area contributed by atoms with Crippen LogP contribution in [0.25, 0.3) is 15.9 Å². The third-order valence-corrected chi connectivity index (χ3v) is 6.24. The molecule has 0 aliphatic carbocycles. The van der Waals surface area contributed by atoms with E-state index in [1.165, 1.54) is 0 Å². The zero-order valence-electron chi connectivity index (χ0n) is 16.9. The number of nitrogens with zero attached hydrogens (tertiary/aromatic N) is 6. The lowest BCUT2D eigenvalue weighted by Gasteiger charge is -2.18. The molecule has 0 N–H and O–H groups in total. The molecule has 29 heavy (non-hydrogen) atoms. The first kappa shape index (κ1) is 18.3. The molecule has 1 aliphatic heterocycles. The van der Waals surface area contributed by atoms with Crippen LogP contribution in [0.15, 0.2) is 36.1 Å². The molecule has 0 radical (unpaired) electrons. The summed E-state index contributed by atoms with van der Waals surface area (Å²) in [6, 6.07) is 5.92. The van der Waals surface area contributed by atoms with Gasteiger partial charge in [-0.2, -0.15) is 0 Å². The minimum atomic E-state index is -0.00297. The molecule has 1 fully saturated rings. The Bertz CT molecular complexity index is 1160. The molecule has 8 heteroatoms. The van der Waals surface area contributed by atoms with E-state index in [1.807, 2.05) is 28.9 Å². The summed E-state index contributed by atoms with van der Waals surface area (Å²) in [5.74, 6) is 2.13. The number of hydrogen-bond donors (Lipinski definition) is 0. The van der Waals surface area contributed by atoms with Gasteiger partial charge in [-0.1, -0.05) is 20.8 Å². The summed E-state index contributed by atoms with van der Waals surface area (Å²) in [7, 11) is 0. The first-order chi connectivity index (χ1) is 14.0. The van der Waals surface area contributed by atoms with Gasteiger partial charge in [0.15, 0.2) is 5.65 Å². The van der Waals surface area contributed by atoms with Gasteiger partial charge in [0.1, 0.15) is 12.1 Å². The minimum Gasteiger partial charge on any atom is -0.476 e. The van der Waals surface area contributed by atoms with Gasteiger partial charge in [-0.15, -0.1) is 16.4 Å². The molecule has 0 spiro atoms. The van der Waals surface area contributed by atoms with Crippen molar-refractivity contribution in [3.8, 4) is 5.88 Å². The molecular formula is C21H24N6OS. The van der Waals surface area contributed by atoms with Crippen LogP contribution in [0.3, 0.4) is 0 Å². The van der Waals surface area contributed by atoms with E-state index < -0.39 is 0 Å². The number of rotatable bonds is 4. The molecule has 4 aromatic heterocycles. The number of anilines is 1. The smallest absolute Gasteiger partial charge is 0.231 e. The van der Waals surface area contributed by atoms with Gasteiger partial charge in [-0.05, 0) is 23.9 Å². The SMILES string of the molecule is CC(C)(C)c1cn2nc(OCC3CCN(c4ncnc5ccsc45)C3)ccc2n1. The Hall–Kier alpha value is -2.74. The second-order valence-electron chi connectivity index (χ2n) is 8.59. The van der Waals surface area contributed by atoms with Gasteiger partial charge in [-0.25, -0.2) is 19.5 Å². The van der Waals surface area contributed by atoms with Crippen LogP contribution in [-0.4, -0.2) is 44.3 Å². The molecule has 5 rings (SSSR count). The molecule has 0 aromatic carbocycles. The number of hydrogen-bond acceptors (Lipinski definition) is 7. The first-order valence-electron chi connectivity index (χ1n) is 9.90. The van der Waals surface area contributed by atoms with Crippen molar-refractivity contribution in [3.63, 3.8) is 0 Å². The summed E-state index contributed by atoms with van der Waals surface area (Å²) in [5, 5.41) is 6.65. The molecule has 1 aliphatic rings. The van der Waals surface area contributed by atoms with E-state index in [-0.39, 0.29) is 5.41 Å². The van der Waals surface area contributed by atoms with Gasteiger partial charge in [0, 0.05) is 30.5 Å². The molecular weight excluding hydrogens is 384 g/mol. The van der Waals surface area contributed by atoms with E-state index in [0.717, 1.165) is 46.9 Å². The Morgan fingerprint density at radius 1 is 1.21 bits per heavy atom. The lowest BCUT2D eigenvalue weighted by atomic mass is 9.93. The van der Waals surface area contributed by atoms with Crippen molar-refractivity contribution in [3.05, 3.63) is 41.8 Å². The maximum atomic E-state index is 6.03. The molecule has 1 unspecified atom stereocenters. The Kier molecular flexibility index (Phi) is 4.38. The van der Waals surface area contributed by atoms with Crippen LogP contribution in [0.1, 0.15) is 32.9 Å². The Balaban J connectivity index is 1.26. The molecule has 5 heterocycles. The van der Waals surface area contributed by atoms with E-state index in [0.29, 0.717) is 18.4 Å². The van der Waals surface area contributed by atoms with Gasteiger partial charge in [0.25, 0.3) is 0 Å². The third kappa shape index (κ3) is 3.53. The van der Waals surface area contributed by atoms with Crippen LogP contribution in [0.2, 0.25) is 0 Å². The fraction of sp³-hybridized carbons (Fsp3) is 0.429. The van der Waals surface area contributed by atoms with Crippen molar-refractivity contribution in [2.24, 2.45) is 5.92 Å². The van der Waals surface area contributed by atoms with Crippen molar-refractivity contribution in [2.75, 3.05) is 24.6 Å². The van der Waals surface area contributed by atoms with Gasteiger partial charge in [-0.3, -0.25) is 0 Å². The summed E-state index contributed by atoms with van der Waals surface area (Å²) in [6.07, 6.45) is 4.73. The second kappa shape index (κ2) is 6.95. The molecule has 150 valence electrons. The summed E-state index contributed by atoms with van der Waals surface area (Å²) < 4.78 is 9.01. The van der Waals surface area contributed by atoms with E-state index in [1.54, 1.807) is 17.7 Å². The highest BCUT2D eigenvalue weighted by molar-refractivity contribution is 7.17. The van der Waals surface area contributed by atoms with Gasteiger partial charge in [0.2, 0.25) is 5.88 Å². The Morgan fingerprint density at radius 2 is 2.10 bits per heavy atom. The predicted molar refractivity (Wildman–Crippen MR) is 115 cm³/mol. The van der Waals surface area contributed by atoms with Crippen molar-refractivity contribution >= 4 is 33.0 Å². The molecule has 0 amide bonds. The lowest BCUT2D eigenvalue weighted by molar-refractivity contribution is 0.249. The van der Waals surface area contributed by atoms with Crippen molar-refractivity contribution in [2.45, 2.75) is 32.6 Å². The van der Waals surface area contributed by atoms with Crippen molar-refractivity contribution in [1.82, 2.24) is 24.6 Å². The highest BCUT2D eigenvalue weighted by atomic mass is 32.1. The standard InChI is InChI=1S/C21H24N6OS/c1-21(2,3)16-11-27-17(24-16)4-5-18(25-27)28-12-14-6-8-26(10-14)20-19-15(7-9-29-19)22-13-23-20/h4-5,7,9,11,13-14H,6,8,10,12H2,1-3H3. The van der Waals surface area contributed by atoms with Crippen LogP contribution >= 0.6 is 11.3 Å². The van der Waals surface area contributed by atoms with Crippen molar-refractivity contribution < 1.29 is 4.74 Å². The van der Waals surface area contributed by atoms with Crippen LogP contribution in [0.5, 0.6) is 5.88 Å². The summed E-state index contributed by atoms with van der Waals surface area (Å²) in [6.45, 7) is 9.03. The van der Waals surface area contributed by atoms with Crippen LogP contribution in [0, 0.1) is 5.92 Å². The highest BCUT2D eigenvalue weighted by Gasteiger charge is 2.26. The van der Waals surface area contributed by atoms with Crippen LogP contribution < -0.4 is 9.64 Å². The molecule has 7 nitrogen and oxygen atoms in total. The zero-order chi connectivity index (χ0) is 20.0. The van der Waals surface area contributed by atoms with E-state index in [9.17, 15) is 0 Å². The van der Waals surface area contributed by atoms with Crippen LogP contribution in [-0.2, 0) is 5.41 Å². The lowest BCUT2D eigenvalue weighted by Crippen LogP contribution is -2.23. The summed E-state index contributed by atoms with van der Waals surface area (Å²) in [4.78, 5) is 15.9. The van der Waals surface area contributed by atoms with E-state index >= 15 is 0 Å². The number of thiophene rings is 1. The normalized spacial score (nSPS) is 17.5. The van der Waals surface area contributed by atoms with Gasteiger partial charge in [0.05, 0.1) is 28.7 Å². The van der Waals surface area contributed by atoms with Crippen LogP contribution in [0.4, 0.5) is 5.82 Å². The molecule has 4 aromatic rings. The van der Waals surface area contributed by atoms with E-state index in [2.05, 4.69) is 51.1 Å². The quantitative estimate of drug-likeness (QED) is 0.510. The third-order valence-electron chi connectivity index (χ3n) is 5.34. The monoisotopic (exact) mass is 408 g/mol.